The van der Waals surface area contributed by atoms with E-state index in [1.807, 2.05) is 6.08 Å². The third kappa shape index (κ3) is 7.10. The van der Waals surface area contributed by atoms with Crippen molar-refractivity contribution in [2.75, 3.05) is 6.16 Å². The molecule has 1 unspecified atom stereocenters. The van der Waals surface area contributed by atoms with Gasteiger partial charge in [0.2, 0.25) is 0 Å². The average molecular weight is 541 g/mol. The normalized spacial score (nSPS) is 12.4. The van der Waals surface area contributed by atoms with E-state index < -0.39 is 15.8 Å². The lowest BCUT2D eigenvalue weighted by molar-refractivity contribution is 1.22. The molecule has 0 bridgehead atoms. The van der Waals surface area contributed by atoms with Crippen molar-refractivity contribution in [3.63, 3.8) is 0 Å². The van der Waals surface area contributed by atoms with E-state index in [-0.39, 0.29) is 0 Å². The largest absolute Gasteiger partial charge is 0.103 e. The summed E-state index contributed by atoms with van der Waals surface area (Å²) in [6, 6.07) is 55.4. The first kappa shape index (κ1) is 27.0. The van der Waals surface area contributed by atoms with Crippen molar-refractivity contribution in [2.45, 2.75) is 12.1 Å². The number of benzene rings is 5. The van der Waals surface area contributed by atoms with Crippen LogP contribution >= 0.6 is 15.8 Å². The second kappa shape index (κ2) is 14.0. The summed E-state index contributed by atoms with van der Waals surface area (Å²) >= 11 is 0. The van der Waals surface area contributed by atoms with Crippen LogP contribution in [0.25, 0.3) is 5.57 Å². The second-order valence-electron chi connectivity index (χ2n) is 9.44. The van der Waals surface area contributed by atoms with Gasteiger partial charge in [0.1, 0.15) is 0 Å². The highest BCUT2D eigenvalue weighted by Gasteiger charge is 2.28. The molecule has 0 nitrogen and oxygen atoms in total. The fraction of sp³-hybridized carbons (Fsp3) is 0.0811. The Hall–Kier alpha value is -3.56. The predicted octanol–water partition coefficient (Wildman–Crippen LogP) is 8.28. The predicted molar refractivity (Wildman–Crippen MR) is 176 cm³/mol. The highest BCUT2D eigenvalue weighted by Crippen LogP contribution is 2.48. The number of allylic oxidation sites excluding steroid dienone is 3. The topological polar surface area (TPSA) is 0 Å². The first-order valence-corrected chi connectivity index (χ1v) is 16.4. The quantitative estimate of drug-likeness (QED) is 0.117. The van der Waals surface area contributed by atoms with Crippen molar-refractivity contribution < 1.29 is 0 Å². The van der Waals surface area contributed by atoms with Crippen molar-refractivity contribution in [2.24, 2.45) is 0 Å². The average Bonchev–Trinajstić information content (AvgIpc) is 3.02. The summed E-state index contributed by atoms with van der Waals surface area (Å²) in [5.41, 5.74) is 2.97. The van der Waals surface area contributed by atoms with Gasteiger partial charge in [0, 0.05) is 5.66 Å². The molecule has 5 aromatic carbocycles. The SMILES string of the molecule is C=CC/C(=C\C(CP(c1ccccc1)c1ccccc1)P(c1ccccc1)c1ccccc1)c1ccccc1. The van der Waals surface area contributed by atoms with E-state index in [0.29, 0.717) is 5.66 Å². The molecule has 5 aromatic rings. The van der Waals surface area contributed by atoms with Gasteiger partial charge in [-0.3, -0.25) is 0 Å². The smallest absolute Gasteiger partial charge is 0.0102 e. The van der Waals surface area contributed by atoms with Crippen molar-refractivity contribution >= 4 is 42.6 Å². The maximum Gasteiger partial charge on any atom is 0.0102 e. The molecule has 192 valence electrons. The zero-order valence-corrected chi connectivity index (χ0v) is 24.0. The molecule has 5 rings (SSSR count). The molecule has 0 saturated heterocycles. The van der Waals surface area contributed by atoms with Crippen LogP contribution in [0.2, 0.25) is 0 Å². The molecule has 0 aliphatic carbocycles. The molecule has 0 spiro atoms. The van der Waals surface area contributed by atoms with Gasteiger partial charge in [-0.2, -0.15) is 0 Å². The van der Waals surface area contributed by atoms with E-state index in [4.69, 9.17) is 0 Å². The van der Waals surface area contributed by atoms with Crippen LogP contribution in [-0.4, -0.2) is 11.8 Å². The Balaban J connectivity index is 1.69. The lowest BCUT2D eigenvalue weighted by Crippen LogP contribution is -2.26. The van der Waals surface area contributed by atoms with E-state index in [2.05, 4.69) is 164 Å². The number of hydrogen-bond acceptors (Lipinski definition) is 0. The van der Waals surface area contributed by atoms with Crippen LogP contribution in [0.1, 0.15) is 12.0 Å². The Morgan fingerprint density at radius 2 is 0.923 bits per heavy atom. The summed E-state index contributed by atoms with van der Waals surface area (Å²) in [5, 5.41) is 5.69. The molecule has 0 radical (unpaired) electrons. The summed E-state index contributed by atoms with van der Waals surface area (Å²) < 4.78 is 0. The minimum Gasteiger partial charge on any atom is -0.103 e. The van der Waals surface area contributed by atoms with Crippen LogP contribution in [-0.2, 0) is 0 Å². The van der Waals surface area contributed by atoms with E-state index in [9.17, 15) is 0 Å². The Morgan fingerprint density at radius 1 is 0.538 bits per heavy atom. The van der Waals surface area contributed by atoms with Gasteiger partial charge in [0.05, 0.1) is 0 Å². The molecule has 0 saturated carbocycles. The molecule has 0 aromatic heterocycles. The number of rotatable bonds is 11. The zero-order valence-electron chi connectivity index (χ0n) is 22.2. The van der Waals surface area contributed by atoms with Gasteiger partial charge in [0.25, 0.3) is 0 Å². The van der Waals surface area contributed by atoms with Crippen LogP contribution in [0.3, 0.4) is 0 Å². The van der Waals surface area contributed by atoms with Gasteiger partial charge in [-0.05, 0) is 60.8 Å². The minimum absolute atomic E-state index is 0.339. The van der Waals surface area contributed by atoms with Crippen LogP contribution in [0.15, 0.2) is 170 Å². The number of hydrogen-bond donors (Lipinski definition) is 0. The van der Waals surface area contributed by atoms with Crippen molar-refractivity contribution in [3.05, 3.63) is 176 Å². The Labute approximate surface area is 236 Å². The van der Waals surface area contributed by atoms with Crippen molar-refractivity contribution in [3.8, 4) is 0 Å². The van der Waals surface area contributed by atoms with Gasteiger partial charge in [-0.15, -0.1) is 6.58 Å². The summed E-state index contributed by atoms with van der Waals surface area (Å²) in [6.45, 7) is 4.12. The molecular weight excluding hydrogens is 506 g/mol. The zero-order chi connectivity index (χ0) is 26.7. The van der Waals surface area contributed by atoms with Crippen molar-refractivity contribution in [1.29, 1.82) is 0 Å². The maximum atomic E-state index is 4.12. The van der Waals surface area contributed by atoms with Gasteiger partial charge >= 0.3 is 0 Å². The Bertz CT molecular complexity index is 1370. The third-order valence-electron chi connectivity index (χ3n) is 6.81. The van der Waals surface area contributed by atoms with E-state index >= 15 is 0 Å². The van der Waals surface area contributed by atoms with Gasteiger partial charge in [0.15, 0.2) is 0 Å². The molecule has 0 fully saturated rings. The second-order valence-corrected chi connectivity index (χ2v) is 14.1. The van der Waals surface area contributed by atoms with Gasteiger partial charge in [-0.1, -0.05) is 164 Å². The Morgan fingerprint density at radius 3 is 1.33 bits per heavy atom. The van der Waals surface area contributed by atoms with E-state index in [1.54, 1.807) is 0 Å². The summed E-state index contributed by atoms with van der Waals surface area (Å²) in [7, 11) is -1.22. The summed E-state index contributed by atoms with van der Waals surface area (Å²) in [6.07, 6.45) is 6.55. The highest BCUT2D eigenvalue weighted by atomic mass is 31.1. The standard InChI is InChI=1S/C37H34P2/c1-2-18-32(31-19-8-3-9-20-31)29-37(39(35-25-14-6-15-26-35)36-27-16-7-17-28-36)30-38(33-21-10-4-11-22-33)34-23-12-5-13-24-34/h2-17,19-29,37H,1,18,30H2/b32-29+. The van der Waals surface area contributed by atoms with Crippen molar-refractivity contribution in [1.82, 2.24) is 0 Å². The van der Waals surface area contributed by atoms with Gasteiger partial charge in [-0.25, -0.2) is 0 Å². The fourth-order valence-corrected chi connectivity index (χ4v) is 10.8. The highest BCUT2D eigenvalue weighted by molar-refractivity contribution is 7.77. The van der Waals surface area contributed by atoms with Crippen LogP contribution in [0, 0.1) is 0 Å². The summed E-state index contributed by atoms with van der Waals surface area (Å²) in [5.74, 6) is 0. The lowest BCUT2D eigenvalue weighted by Gasteiger charge is -2.31. The molecule has 0 amide bonds. The molecule has 39 heavy (non-hydrogen) atoms. The maximum absolute atomic E-state index is 4.12. The first-order valence-electron chi connectivity index (χ1n) is 13.5. The molecule has 0 aliphatic heterocycles. The molecule has 2 heteroatoms. The Kier molecular flexibility index (Phi) is 9.70. The molecule has 0 aliphatic rings. The lowest BCUT2D eigenvalue weighted by atomic mass is 10.0. The van der Waals surface area contributed by atoms with E-state index in [0.717, 1.165) is 12.6 Å². The monoisotopic (exact) mass is 540 g/mol. The summed E-state index contributed by atoms with van der Waals surface area (Å²) in [4.78, 5) is 0. The minimum atomic E-state index is -0.656. The molecule has 0 N–H and O–H groups in total. The molecular formula is C37H34P2. The van der Waals surface area contributed by atoms with Crippen LogP contribution in [0.4, 0.5) is 0 Å². The molecule has 0 heterocycles. The van der Waals surface area contributed by atoms with Crippen LogP contribution < -0.4 is 21.2 Å². The van der Waals surface area contributed by atoms with Gasteiger partial charge < -0.3 is 0 Å². The first-order chi connectivity index (χ1) is 19.3. The molecule has 1 atom stereocenters. The fourth-order valence-electron chi connectivity index (χ4n) is 5.00. The van der Waals surface area contributed by atoms with E-state index in [1.165, 1.54) is 32.4 Å². The third-order valence-corrected chi connectivity index (χ3v) is 12.4. The van der Waals surface area contributed by atoms with Crippen LogP contribution in [0.5, 0.6) is 0 Å².